The highest BCUT2D eigenvalue weighted by Gasteiger charge is 2.24. The van der Waals surface area contributed by atoms with Gasteiger partial charge in [0, 0.05) is 10.1 Å². The minimum atomic E-state index is -2.35. The van der Waals surface area contributed by atoms with E-state index in [2.05, 4.69) is 0 Å². The van der Waals surface area contributed by atoms with Crippen LogP contribution in [0.5, 0.6) is 5.75 Å². The Bertz CT molecular complexity index is 554. The third kappa shape index (κ3) is 4.28. The number of para-hydroxylation sites is 1. The summed E-state index contributed by atoms with van der Waals surface area (Å²) in [4.78, 5) is 11.7. The molecule has 19 heavy (non-hydrogen) atoms. The van der Waals surface area contributed by atoms with Crippen molar-refractivity contribution in [3.05, 3.63) is 66.2 Å². The molecule has 2 rings (SSSR count). The minimum Gasteiger partial charge on any atom is -0.291 e. The highest BCUT2D eigenvalue weighted by atomic mass is 31.1. The maximum atomic E-state index is 11.7. The lowest BCUT2D eigenvalue weighted by atomic mass is 10.1. The molecule has 5 heteroatoms. The molecule has 0 aliphatic heterocycles. The van der Waals surface area contributed by atoms with E-state index in [9.17, 15) is 9.36 Å². The third-order valence-electron chi connectivity index (χ3n) is 2.32. The van der Waals surface area contributed by atoms with Gasteiger partial charge in [-0.2, -0.15) is 0 Å². The number of ketones is 1. The molecule has 0 bridgehead atoms. The van der Waals surface area contributed by atoms with Gasteiger partial charge in [0.05, 0.1) is 0 Å². The molecule has 0 aromatic heterocycles. The largest absolute Gasteiger partial charge is 0.750 e. The molecule has 1 atom stereocenters. The fourth-order valence-electron chi connectivity index (χ4n) is 1.41. The zero-order valence-electron chi connectivity index (χ0n) is 10.1. The topological polar surface area (TPSA) is 52.6 Å². The molecule has 0 aliphatic rings. The summed E-state index contributed by atoms with van der Waals surface area (Å²) in [6, 6.07) is 17.3. The van der Waals surface area contributed by atoms with Crippen molar-refractivity contribution >= 4 is 14.0 Å². The summed E-state index contributed by atoms with van der Waals surface area (Å²) in [5, 5.41) is 0. The first-order valence-corrected chi connectivity index (χ1v) is 6.77. The Morgan fingerprint density at radius 1 is 0.947 bits per heavy atom. The normalized spacial score (nSPS) is 10.8. The maximum absolute atomic E-state index is 11.7. The van der Waals surface area contributed by atoms with E-state index in [1.165, 1.54) is 0 Å². The van der Waals surface area contributed by atoms with Crippen molar-refractivity contribution in [3.8, 4) is 5.75 Å². The second-order valence-electron chi connectivity index (χ2n) is 3.69. The van der Waals surface area contributed by atoms with Crippen LogP contribution < -0.4 is 4.52 Å². The van der Waals surface area contributed by atoms with Gasteiger partial charge in [0.25, 0.3) is 0 Å². The first-order valence-electron chi connectivity index (χ1n) is 5.67. The number of hydrogen-bond donors (Lipinski definition) is 0. The number of Topliss-reactive ketones (excluding diaryl/α,β-unsaturated/α-hetero) is 1. The molecule has 96 valence electrons. The fraction of sp³-hybridized carbons (Fsp3) is 0.0714. The van der Waals surface area contributed by atoms with Crippen molar-refractivity contribution < 1.29 is 18.4 Å². The molecule has 0 saturated carbocycles. The van der Waals surface area contributed by atoms with Gasteiger partial charge in [-0.1, -0.05) is 48.5 Å². The van der Waals surface area contributed by atoms with Gasteiger partial charge in [0.15, 0.2) is 18.1 Å². The van der Waals surface area contributed by atoms with E-state index in [4.69, 9.17) is 9.05 Å². The summed E-state index contributed by atoms with van der Waals surface area (Å²) in [5.41, 5.74) is 0.519. The Balaban J connectivity index is 1.83. The van der Waals surface area contributed by atoms with Gasteiger partial charge in [0.1, 0.15) is 0 Å². The molecule has 2 aromatic rings. The molecule has 0 saturated heterocycles. The first kappa shape index (κ1) is 13.4. The van der Waals surface area contributed by atoms with Crippen LogP contribution in [-0.4, -0.2) is 12.4 Å². The Hall–Kier alpha value is -2.03. The van der Waals surface area contributed by atoms with E-state index >= 15 is 0 Å². The number of carbonyl (C=O) groups excluding carboxylic acids is 1. The molecule has 4 nitrogen and oxygen atoms in total. The average Bonchev–Trinajstić information content (AvgIpc) is 2.47. The molecule has 0 heterocycles. The van der Waals surface area contributed by atoms with Crippen LogP contribution in [0.2, 0.25) is 0 Å². The van der Waals surface area contributed by atoms with E-state index in [1.807, 2.05) is 12.1 Å². The molecule has 0 fully saturated rings. The van der Waals surface area contributed by atoms with Crippen molar-refractivity contribution in [2.75, 3.05) is 6.61 Å². The predicted octanol–water partition coefficient (Wildman–Crippen LogP) is 3.62. The van der Waals surface area contributed by atoms with Crippen molar-refractivity contribution in [2.24, 2.45) is 0 Å². The van der Waals surface area contributed by atoms with Gasteiger partial charge in [-0.15, -0.1) is 4.52 Å². The summed E-state index contributed by atoms with van der Waals surface area (Å²) in [7, 11) is -2.35. The molecule has 0 spiro atoms. The van der Waals surface area contributed by atoms with Gasteiger partial charge in [-0.3, -0.25) is 4.79 Å². The lowest BCUT2D eigenvalue weighted by Gasteiger charge is -1.95. The van der Waals surface area contributed by atoms with Crippen molar-refractivity contribution in [1.29, 1.82) is 0 Å². The smallest absolute Gasteiger partial charge is 0.291 e. The van der Waals surface area contributed by atoms with Crippen molar-refractivity contribution in [2.45, 2.75) is 0 Å². The van der Waals surface area contributed by atoms with Crippen LogP contribution in [0, 0.1) is 0 Å². The van der Waals surface area contributed by atoms with Gasteiger partial charge < -0.3 is 0 Å². The molecular weight excluding hydrogens is 263 g/mol. The fourth-order valence-corrected chi connectivity index (χ4v) is 1.98. The summed E-state index contributed by atoms with van der Waals surface area (Å²) < 4.78 is 21.4. The van der Waals surface area contributed by atoms with Gasteiger partial charge in [-0.25, -0.2) is 4.52 Å². The predicted molar refractivity (Wildman–Crippen MR) is 71.4 cm³/mol. The van der Waals surface area contributed by atoms with Crippen LogP contribution in [0.25, 0.3) is 0 Å². The Kier molecular flexibility index (Phi) is 4.78. The van der Waals surface area contributed by atoms with Crippen molar-refractivity contribution in [1.82, 2.24) is 0 Å². The summed E-state index contributed by atoms with van der Waals surface area (Å²) in [6.45, 7) is -0.272. The second kappa shape index (κ2) is 6.78. The van der Waals surface area contributed by atoms with Crippen molar-refractivity contribution in [3.63, 3.8) is 0 Å². The first-order chi connectivity index (χ1) is 9.25. The highest BCUT2D eigenvalue weighted by Crippen LogP contribution is 2.27. The third-order valence-corrected chi connectivity index (χ3v) is 3.02. The van der Waals surface area contributed by atoms with Crippen LogP contribution in [0.15, 0.2) is 60.7 Å². The average molecular weight is 275 g/mol. The van der Waals surface area contributed by atoms with Gasteiger partial charge in [-0.05, 0) is 12.1 Å². The number of benzene rings is 2. The lowest BCUT2D eigenvalue weighted by Crippen LogP contribution is -2.06. The monoisotopic (exact) mass is 275 g/mol. The molecule has 1 unspecified atom stereocenters. The van der Waals surface area contributed by atoms with E-state index < -0.39 is 8.25 Å². The standard InChI is InChI=1S/C14H12O4P/c15-14(12-7-3-1-4-8-12)11-17-19(16)18-13-9-5-2-6-10-13/h1-10H,11H2/q+1. The number of carbonyl (C=O) groups is 1. The quantitative estimate of drug-likeness (QED) is 0.596. The number of hydrogen-bond acceptors (Lipinski definition) is 4. The van der Waals surface area contributed by atoms with E-state index in [-0.39, 0.29) is 12.4 Å². The molecule has 0 amide bonds. The van der Waals surface area contributed by atoms with Gasteiger partial charge in [0.2, 0.25) is 0 Å². The Labute approximate surface area is 111 Å². The minimum absolute atomic E-state index is 0.236. The summed E-state index contributed by atoms with van der Waals surface area (Å²) >= 11 is 0. The Morgan fingerprint density at radius 3 is 2.16 bits per heavy atom. The van der Waals surface area contributed by atoms with E-state index in [0.717, 1.165) is 0 Å². The van der Waals surface area contributed by atoms with Crippen LogP contribution in [0.4, 0.5) is 0 Å². The van der Waals surface area contributed by atoms with Gasteiger partial charge >= 0.3 is 8.25 Å². The molecular formula is C14H12O4P+. The Morgan fingerprint density at radius 2 is 1.53 bits per heavy atom. The van der Waals surface area contributed by atoms with Crippen LogP contribution in [0.3, 0.4) is 0 Å². The molecule has 0 radical (unpaired) electrons. The van der Waals surface area contributed by atoms with E-state index in [0.29, 0.717) is 11.3 Å². The highest BCUT2D eigenvalue weighted by molar-refractivity contribution is 7.33. The molecule has 2 aromatic carbocycles. The molecule has 0 aliphatic carbocycles. The summed E-state index contributed by atoms with van der Waals surface area (Å²) in [5.74, 6) is 0.205. The zero-order chi connectivity index (χ0) is 13.5. The SMILES string of the molecule is O=C(CO[P+](=O)Oc1ccccc1)c1ccccc1. The van der Waals surface area contributed by atoms with Crippen LogP contribution in [0.1, 0.15) is 10.4 Å². The zero-order valence-corrected chi connectivity index (χ0v) is 11.0. The maximum Gasteiger partial charge on any atom is 0.750 e. The molecule has 0 N–H and O–H groups in total. The summed E-state index contributed by atoms with van der Waals surface area (Å²) in [6.07, 6.45) is 0. The van der Waals surface area contributed by atoms with Crippen LogP contribution in [-0.2, 0) is 9.09 Å². The second-order valence-corrected chi connectivity index (χ2v) is 4.58. The number of rotatable bonds is 6. The van der Waals surface area contributed by atoms with E-state index in [1.54, 1.807) is 48.5 Å². The lowest BCUT2D eigenvalue weighted by molar-refractivity contribution is 0.0918. The van der Waals surface area contributed by atoms with Crippen LogP contribution >= 0.6 is 8.25 Å².